The molecule has 0 radical (unpaired) electrons. The number of amides is 2. The van der Waals surface area contributed by atoms with E-state index in [0.29, 0.717) is 22.1 Å². The van der Waals surface area contributed by atoms with Crippen LogP contribution in [0.25, 0.3) is 6.08 Å². The van der Waals surface area contributed by atoms with E-state index in [-0.39, 0.29) is 18.1 Å². The van der Waals surface area contributed by atoms with Crippen molar-refractivity contribution in [3.8, 4) is 11.5 Å². The molecule has 0 unspecified atom stereocenters. The number of nitrogens with zero attached hydrogens (tertiary/aromatic N) is 1. The van der Waals surface area contributed by atoms with Gasteiger partial charge in [-0.2, -0.15) is 0 Å². The van der Waals surface area contributed by atoms with Gasteiger partial charge in [0.15, 0.2) is 11.5 Å². The van der Waals surface area contributed by atoms with Crippen molar-refractivity contribution >= 4 is 46.6 Å². The van der Waals surface area contributed by atoms with Crippen LogP contribution in [-0.4, -0.2) is 42.3 Å². The second kappa shape index (κ2) is 10.4. The Bertz CT molecular complexity index is 1020. The summed E-state index contributed by atoms with van der Waals surface area (Å²) < 4.78 is 16.2. The van der Waals surface area contributed by atoms with Gasteiger partial charge in [-0.05, 0) is 48.5 Å². The van der Waals surface area contributed by atoms with Crippen molar-refractivity contribution in [2.45, 2.75) is 13.5 Å². The van der Waals surface area contributed by atoms with Crippen LogP contribution in [0.3, 0.4) is 0 Å². The highest BCUT2D eigenvalue weighted by Crippen LogP contribution is 2.37. The van der Waals surface area contributed by atoms with Crippen molar-refractivity contribution in [1.82, 2.24) is 4.90 Å². The minimum atomic E-state index is -0.639. The Balaban J connectivity index is 1.84. The number of hydrogen-bond donors (Lipinski definition) is 0. The molecule has 1 saturated heterocycles. The number of halogens is 1. The summed E-state index contributed by atoms with van der Waals surface area (Å²) in [4.78, 5) is 37.6. The van der Waals surface area contributed by atoms with Gasteiger partial charge in [-0.15, -0.1) is 0 Å². The van der Waals surface area contributed by atoms with Gasteiger partial charge in [-0.1, -0.05) is 35.9 Å². The number of rotatable bonds is 8. The average Bonchev–Trinajstić information content (AvgIpc) is 3.01. The van der Waals surface area contributed by atoms with Gasteiger partial charge in [0, 0.05) is 10.6 Å². The molecule has 1 heterocycles. The summed E-state index contributed by atoms with van der Waals surface area (Å²) in [5.74, 6) is -0.292. The molecule has 2 amide bonds. The number of carbonyl (C=O) groups excluding carboxylic acids is 3. The van der Waals surface area contributed by atoms with Crippen molar-refractivity contribution in [3.63, 3.8) is 0 Å². The molecule has 1 aliphatic heterocycles. The van der Waals surface area contributed by atoms with Crippen LogP contribution >= 0.6 is 23.4 Å². The highest BCUT2D eigenvalue weighted by atomic mass is 35.5. The Morgan fingerprint density at radius 1 is 1.16 bits per heavy atom. The summed E-state index contributed by atoms with van der Waals surface area (Å²) in [5.41, 5.74) is 1.46. The second-order valence-corrected chi connectivity index (χ2v) is 7.80. The van der Waals surface area contributed by atoms with E-state index < -0.39 is 23.7 Å². The van der Waals surface area contributed by atoms with E-state index in [1.165, 1.54) is 7.11 Å². The first-order valence-electron chi connectivity index (χ1n) is 9.38. The third-order valence-corrected chi connectivity index (χ3v) is 5.44. The monoisotopic (exact) mass is 461 g/mol. The Labute approximate surface area is 188 Å². The molecule has 3 rings (SSSR count). The topological polar surface area (TPSA) is 82.1 Å². The number of carbonyl (C=O) groups is 3. The van der Waals surface area contributed by atoms with E-state index in [4.69, 9.17) is 25.8 Å². The van der Waals surface area contributed by atoms with Crippen molar-refractivity contribution in [2.24, 2.45) is 0 Å². The zero-order valence-corrected chi connectivity index (χ0v) is 18.5. The second-order valence-electron chi connectivity index (χ2n) is 6.37. The first-order chi connectivity index (χ1) is 14.9. The summed E-state index contributed by atoms with van der Waals surface area (Å²) in [5, 5.41) is 0.0936. The van der Waals surface area contributed by atoms with E-state index in [1.54, 1.807) is 43.3 Å². The predicted octanol–water partition coefficient (Wildman–Crippen LogP) is 4.53. The number of imide groups is 1. The summed E-state index contributed by atoms with van der Waals surface area (Å²) >= 11 is 6.67. The number of esters is 1. The SMILES string of the molecule is CCOC(=O)CN1C(=O)S/C(=C/c2cccc(OC)c2OCc2ccc(Cl)cc2)C1=O. The van der Waals surface area contributed by atoms with Gasteiger partial charge in [-0.3, -0.25) is 19.3 Å². The maximum absolute atomic E-state index is 12.7. The van der Waals surface area contributed by atoms with Crippen LogP contribution in [0.15, 0.2) is 47.4 Å². The molecule has 0 spiro atoms. The molecule has 0 saturated carbocycles. The molecule has 1 fully saturated rings. The van der Waals surface area contributed by atoms with Crippen LogP contribution in [-0.2, 0) is 20.9 Å². The first kappa shape index (κ1) is 22.7. The number of ether oxygens (including phenoxy) is 3. The number of methoxy groups -OCH3 is 1. The molecule has 7 nitrogen and oxygen atoms in total. The molecule has 162 valence electrons. The molecule has 31 heavy (non-hydrogen) atoms. The fraction of sp³-hybridized carbons (Fsp3) is 0.227. The number of para-hydroxylation sites is 1. The minimum absolute atomic E-state index is 0.170. The number of thioether (sulfide) groups is 1. The highest BCUT2D eigenvalue weighted by Gasteiger charge is 2.36. The normalized spacial score (nSPS) is 14.8. The largest absolute Gasteiger partial charge is 0.493 e. The third-order valence-electron chi connectivity index (χ3n) is 4.28. The van der Waals surface area contributed by atoms with E-state index >= 15 is 0 Å². The van der Waals surface area contributed by atoms with Gasteiger partial charge < -0.3 is 14.2 Å². The summed E-state index contributed by atoms with van der Waals surface area (Å²) in [6.45, 7) is 1.65. The van der Waals surface area contributed by atoms with Crippen molar-refractivity contribution < 1.29 is 28.6 Å². The lowest BCUT2D eigenvalue weighted by molar-refractivity contribution is -0.145. The molecule has 2 aromatic carbocycles. The Morgan fingerprint density at radius 3 is 2.58 bits per heavy atom. The predicted molar refractivity (Wildman–Crippen MR) is 118 cm³/mol. The van der Waals surface area contributed by atoms with Gasteiger partial charge in [0.1, 0.15) is 13.2 Å². The molecule has 0 N–H and O–H groups in total. The van der Waals surface area contributed by atoms with Crippen LogP contribution in [0.4, 0.5) is 4.79 Å². The molecule has 1 aliphatic rings. The van der Waals surface area contributed by atoms with Crippen LogP contribution < -0.4 is 9.47 Å². The lowest BCUT2D eigenvalue weighted by atomic mass is 10.1. The highest BCUT2D eigenvalue weighted by molar-refractivity contribution is 8.18. The van der Waals surface area contributed by atoms with Crippen LogP contribution in [0.5, 0.6) is 11.5 Å². The number of hydrogen-bond acceptors (Lipinski definition) is 7. The van der Waals surface area contributed by atoms with Crippen LogP contribution in [0.2, 0.25) is 5.02 Å². The summed E-state index contributed by atoms with van der Waals surface area (Å²) in [6, 6.07) is 12.5. The molecular formula is C22H20ClNO6S. The lowest BCUT2D eigenvalue weighted by Gasteiger charge is -2.14. The van der Waals surface area contributed by atoms with E-state index in [1.807, 2.05) is 12.1 Å². The molecule has 9 heteroatoms. The molecule has 0 aliphatic carbocycles. The van der Waals surface area contributed by atoms with Gasteiger partial charge in [0.2, 0.25) is 0 Å². The van der Waals surface area contributed by atoms with Crippen molar-refractivity contribution in [1.29, 1.82) is 0 Å². The molecule has 2 aromatic rings. The molecule has 0 bridgehead atoms. The Hall–Kier alpha value is -2.97. The maximum Gasteiger partial charge on any atom is 0.326 e. The summed E-state index contributed by atoms with van der Waals surface area (Å²) in [6.07, 6.45) is 1.55. The summed E-state index contributed by atoms with van der Waals surface area (Å²) in [7, 11) is 1.52. The zero-order valence-electron chi connectivity index (χ0n) is 16.9. The maximum atomic E-state index is 12.7. The van der Waals surface area contributed by atoms with E-state index in [2.05, 4.69) is 0 Å². The van der Waals surface area contributed by atoms with Crippen LogP contribution in [0, 0.1) is 0 Å². The van der Waals surface area contributed by atoms with E-state index in [9.17, 15) is 14.4 Å². The fourth-order valence-electron chi connectivity index (χ4n) is 2.81. The number of benzene rings is 2. The third kappa shape index (κ3) is 5.59. The zero-order chi connectivity index (χ0) is 22.4. The fourth-order valence-corrected chi connectivity index (χ4v) is 3.77. The smallest absolute Gasteiger partial charge is 0.326 e. The van der Waals surface area contributed by atoms with Crippen molar-refractivity contribution in [3.05, 3.63) is 63.5 Å². The Kier molecular flexibility index (Phi) is 7.59. The average molecular weight is 462 g/mol. The molecule has 0 atom stereocenters. The van der Waals surface area contributed by atoms with Gasteiger partial charge in [0.05, 0.1) is 18.6 Å². The molecule has 0 aromatic heterocycles. The quantitative estimate of drug-likeness (QED) is 0.422. The van der Waals surface area contributed by atoms with E-state index in [0.717, 1.165) is 22.2 Å². The van der Waals surface area contributed by atoms with Crippen molar-refractivity contribution in [2.75, 3.05) is 20.3 Å². The van der Waals surface area contributed by atoms with Gasteiger partial charge >= 0.3 is 5.97 Å². The first-order valence-corrected chi connectivity index (χ1v) is 10.6. The minimum Gasteiger partial charge on any atom is -0.493 e. The van der Waals surface area contributed by atoms with Crippen LogP contribution in [0.1, 0.15) is 18.1 Å². The molecular weight excluding hydrogens is 442 g/mol. The standard InChI is InChI=1S/C22H20ClNO6S/c1-3-29-19(25)12-24-21(26)18(31-22(24)27)11-15-5-4-6-17(28-2)20(15)30-13-14-7-9-16(23)10-8-14/h4-11H,3,12-13H2,1-2H3/b18-11+. The lowest BCUT2D eigenvalue weighted by Crippen LogP contribution is -2.34. The van der Waals surface area contributed by atoms with Gasteiger partial charge in [0.25, 0.3) is 11.1 Å². The Morgan fingerprint density at radius 2 is 1.90 bits per heavy atom. The van der Waals surface area contributed by atoms with Gasteiger partial charge in [-0.25, -0.2) is 0 Å².